The summed E-state index contributed by atoms with van der Waals surface area (Å²) in [6, 6.07) is 16.4. The molecule has 164 valence electrons. The number of benzene rings is 2. The lowest BCUT2D eigenvalue weighted by Gasteiger charge is -2.24. The standard InChI is InChI=1S/C25H23NO6/c1-3-31-19-12-8-17(9-13-19)23(27)21-22(16-6-10-18(30-2)11-7-16)26(25(29)24(21)28)15-20-5-4-14-32-20/h4-14,22,27H,3,15H2,1-2H3/b23-21-. The fourth-order valence-electron chi connectivity index (χ4n) is 3.78. The van der Waals surface area contributed by atoms with Crippen LogP contribution in [0.4, 0.5) is 0 Å². The first-order chi connectivity index (χ1) is 15.5. The molecule has 2 heterocycles. The highest BCUT2D eigenvalue weighted by atomic mass is 16.5. The molecule has 2 aromatic carbocycles. The van der Waals surface area contributed by atoms with Crippen molar-refractivity contribution in [3.05, 3.63) is 89.4 Å². The minimum atomic E-state index is -0.780. The van der Waals surface area contributed by atoms with Crippen molar-refractivity contribution in [2.24, 2.45) is 0 Å². The van der Waals surface area contributed by atoms with Crippen molar-refractivity contribution in [3.63, 3.8) is 0 Å². The molecule has 1 aromatic heterocycles. The third-order valence-electron chi connectivity index (χ3n) is 5.32. The van der Waals surface area contributed by atoms with Gasteiger partial charge in [0.2, 0.25) is 0 Å². The molecule has 1 atom stereocenters. The Hall–Kier alpha value is -4.00. The smallest absolute Gasteiger partial charge is 0.296 e. The van der Waals surface area contributed by atoms with E-state index in [1.165, 1.54) is 11.2 Å². The molecule has 1 fully saturated rings. The topological polar surface area (TPSA) is 89.2 Å². The molecule has 0 radical (unpaired) electrons. The van der Waals surface area contributed by atoms with E-state index in [4.69, 9.17) is 13.9 Å². The maximum absolute atomic E-state index is 13.0. The molecule has 7 heteroatoms. The monoisotopic (exact) mass is 433 g/mol. The Morgan fingerprint density at radius 2 is 1.72 bits per heavy atom. The van der Waals surface area contributed by atoms with Gasteiger partial charge in [0.1, 0.15) is 23.0 Å². The zero-order valence-electron chi connectivity index (χ0n) is 17.8. The predicted octanol–water partition coefficient (Wildman–Crippen LogP) is 4.31. The van der Waals surface area contributed by atoms with E-state index in [1.807, 2.05) is 6.92 Å². The fraction of sp³-hybridized carbons (Fsp3) is 0.200. The number of ether oxygens (including phenoxy) is 2. The summed E-state index contributed by atoms with van der Waals surface area (Å²) in [7, 11) is 1.56. The molecule has 3 aromatic rings. The molecular weight excluding hydrogens is 410 g/mol. The second-order valence-corrected chi connectivity index (χ2v) is 7.24. The summed E-state index contributed by atoms with van der Waals surface area (Å²) in [5, 5.41) is 11.1. The largest absolute Gasteiger partial charge is 0.507 e. The number of hydrogen-bond acceptors (Lipinski definition) is 6. The van der Waals surface area contributed by atoms with Crippen LogP contribution in [0.5, 0.6) is 11.5 Å². The minimum Gasteiger partial charge on any atom is -0.507 e. The van der Waals surface area contributed by atoms with E-state index in [2.05, 4.69) is 0 Å². The SMILES string of the molecule is CCOc1ccc(/C(O)=C2/C(=O)C(=O)N(Cc3ccco3)C2c2ccc(OC)cc2)cc1. The average Bonchev–Trinajstić information content (AvgIpc) is 3.42. The van der Waals surface area contributed by atoms with E-state index in [-0.39, 0.29) is 17.9 Å². The van der Waals surface area contributed by atoms with Gasteiger partial charge in [-0.15, -0.1) is 0 Å². The van der Waals surface area contributed by atoms with Crippen LogP contribution >= 0.6 is 0 Å². The van der Waals surface area contributed by atoms with Crippen LogP contribution in [0.1, 0.15) is 29.9 Å². The lowest BCUT2D eigenvalue weighted by Crippen LogP contribution is -2.29. The van der Waals surface area contributed by atoms with E-state index in [1.54, 1.807) is 67.8 Å². The third-order valence-corrected chi connectivity index (χ3v) is 5.32. The number of nitrogens with zero attached hydrogens (tertiary/aromatic N) is 1. The molecule has 1 saturated heterocycles. The van der Waals surface area contributed by atoms with Crippen LogP contribution in [-0.2, 0) is 16.1 Å². The number of Topliss-reactive ketones (excluding diaryl/α,β-unsaturated/α-hetero) is 1. The van der Waals surface area contributed by atoms with Crippen molar-refractivity contribution >= 4 is 17.4 Å². The Morgan fingerprint density at radius 1 is 1.03 bits per heavy atom. The number of hydrogen-bond donors (Lipinski definition) is 1. The summed E-state index contributed by atoms with van der Waals surface area (Å²) < 4.78 is 16.1. The molecule has 1 unspecified atom stereocenters. The highest BCUT2D eigenvalue weighted by molar-refractivity contribution is 6.46. The van der Waals surface area contributed by atoms with Crippen molar-refractivity contribution in [1.29, 1.82) is 0 Å². The van der Waals surface area contributed by atoms with Crippen LogP contribution in [0.15, 0.2) is 76.9 Å². The molecule has 1 amide bonds. The number of methoxy groups -OCH3 is 1. The maximum Gasteiger partial charge on any atom is 0.296 e. The van der Waals surface area contributed by atoms with Gasteiger partial charge in [-0.3, -0.25) is 9.59 Å². The number of likely N-dealkylation sites (tertiary alicyclic amines) is 1. The van der Waals surface area contributed by atoms with Crippen LogP contribution < -0.4 is 9.47 Å². The first-order valence-corrected chi connectivity index (χ1v) is 10.2. The molecular formula is C25H23NO6. The number of furan rings is 1. The van der Waals surface area contributed by atoms with E-state index in [0.717, 1.165) is 0 Å². The fourth-order valence-corrected chi connectivity index (χ4v) is 3.78. The molecule has 0 spiro atoms. The number of rotatable bonds is 7. The average molecular weight is 433 g/mol. The van der Waals surface area contributed by atoms with Crippen molar-refractivity contribution < 1.29 is 28.6 Å². The highest BCUT2D eigenvalue weighted by Crippen LogP contribution is 2.40. The number of aliphatic hydroxyl groups is 1. The van der Waals surface area contributed by atoms with Crippen LogP contribution in [0.3, 0.4) is 0 Å². The van der Waals surface area contributed by atoms with Gasteiger partial charge < -0.3 is 23.9 Å². The van der Waals surface area contributed by atoms with E-state index in [9.17, 15) is 14.7 Å². The van der Waals surface area contributed by atoms with E-state index < -0.39 is 17.7 Å². The van der Waals surface area contributed by atoms with Gasteiger partial charge in [0.05, 0.1) is 38.1 Å². The number of amides is 1. The van der Waals surface area contributed by atoms with Crippen molar-refractivity contribution in [2.45, 2.75) is 19.5 Å². The van der Waals surface area contributed by atoms with Gasteiger partial charge in [0.25, 0.3) is 11.7 Å². The Kier molecular flexibility index (Phi) is 5.98. The summed E-state index contributed by atoms with van der Waals surface area (Å²) in [4.78, 5) is 27.4. The number of carbonyl (C=O) groups excluding carboxylic acids is 2. The van der Waals surface area contributed by atoms with Crippen LogP contribution in [-0.4, -0.2) is 35.4 Å². The van der Waals surface area contributed by atoms with Crippen LogP contribution in [0, 0.1) is 0 Å². The second-order valence-electron chi connectivity index (χ2n) is 7.24. The zero-order chi connectivity index (χ0) is 22.7. The summed E-state index contributed by atoms with van der Waals surface area (Å²) >= 11 is 0. The summed E-state index contributed by atoms with van der Waals surface area (Å²) in [6.07, 6.45) is 1.51. The first kappa shape index (κ1) is 21.2. The molecule has 1 aliphatic rings. The second kappa shape index (κ2) is 9.01. The summed E-state index contributed by atoms with van der Waals surface area (Å²) in [6.45, 7) is 2.48. The Morgan fingerprint density at radius 3 is 2.31 bits per heavy atom. The summed E-state index contributed by atoms with van der Waals surface area (Å²) in [5.74, 6) is 0.136. The molecule has 4 rings (SSSR count). The molecule has 0 saturated carbocycles. The van der Waals surface area contributed by atoms with Crippen molar-refractivity contribution in [2.75, 3.05) is 13.7 Å². The minimum absolute atomic E-state index is 0.0240. The maximum atomic E-state index is 13.0. The molecule has 32 heavy (non-hydrogen) atoms. The van der Waals surface area contributed by atoms with E-state index >= 15 is 0 Å². The quantitative estimate of drug-likeness (QED) is 0.339. The number of aliphatic hydroxyl groups excluding tert-OH is 1. The lowest BCUT2D eigenvalue weighted by atomic mass is 9.95. The van der Waals surface area contributed by atoms with E-state index in [0.29, 0.717) is 35.0 Å². The highest BCUT2D eigenvalue weighted by Gasteiger charge is 2.46. The number of carbonyl (C=O) groups is 2. The first-order valence-electron chi connectivity index (χ1n) is 10.2. The van der Waals surface area contributed by atoms with Gasteiger partial charge in [0, 0.05) is 5.56 Å². The van der Waals surface area contributed by atoms with Crippen LogP contribution in [0.2, 0.25) is 0 Å². The molecule has 7 nitrogen and oxygen atoms in total. The molecule has 1 aliphatic heterocycles. The molecule has 1 N–H and O–H groups in total. The van der Waals surface area contributed by atoms with Crippen LogP contribution in [0.25, 0.3) is 5.76 Å². The van der Waals surface area contributed by atoms with Crippen molar-refractivity contribution in [3.8, 4) is 11.5 Å². The number of ketones is 1. The van der Waals surface area contributed by atoms with Crippen molar-refractivity contribution in [1.82, 2.24) is 4.90 Å². The lowest BCUT2D eigenvalue weighted by molar-refractivity contribution is -0.140. The van der Waals surface area contributed by atoms with Gasteiger partial charge in [-0.1, -0.05) is 12.1 Å². The molecule has 0 bridgehead atoms. The van der Waals surface area contributed by atoms with Gasteiger partial charge >= 0.3 is 0 Å². The zero-order valence-corrected chi connectivity index (χ0v) is 17.8. The Balaban J connectivity index is 1.80. The Bertz CT molecular complexity index is 1130. The third kappa shape index (κ3) is 3.97. The summed E-state index contributed by atoms with van der Waals surface area (Å²) in [5.41, 5.74) is 1.11. The Labute approximate surface area is 185 Å². The normalized spacial score (nSPS) is 17.6. The predicted molar refractivity (Wildman–Crippen MR) is 117 cm³/mol. The van der Waals surface area contributed by atoms with Gasteiger partial charge in [-0.25, -0.2) is 0 Å². The van der Waals surface area contributed by atoms with Gasteiger partial charge in [-0.2, -0.15) is 0 Å². The molecule has 0 aliphatic carbocycles. The van der Waals surface area contributed by atoms with Gasteiger partial charge in [-0.05, 0) is 61.0 Å². The van der Waals surface area contributed by atoms with Gasteiger partial charge in [0.15, 0.2) is 0 Å².